The number of rotatable bonds is 5. The van der Waals surface area contributed by atoms with Crippen LogP contribution >= 0.6 is 0 Å². The Labute approximate surface area is 157 Å². The van der Waals surface area contributed by atoms with Crippen LogP contribution in [0.1, 0.15) is 11.1 Å². The molecule has 0 radical (unpaired) electrons. The van der Waals surface area contributed by atoms with Gasteiger partial charge in [0, 0.05) is 17.8 Å². The summed E-state index contributed by atoms with van der Waals surface area (Å²) in [5.41, 5.74) is 3.16. The number of hydrogen-bond acceptors (Lipinski definition) is 4. The van der Waals surface area contributed by atoms with Gasteiger partial charge in [-0.05, 0) is 46.4 Å². The summed E-state index contributed by atoms with van der Waals surface area (Å²) in [5, 5.41) is 4.94. The number of pyridine rings is 1. The van der Waals surface area contributed by atoms with E-state index in [1.807, 2.05) is 42.6 Å². The molecule has 4 rings (SSSR count). The molecule has 1 aromatic heterocycles. The standard InChI is InChI=1S/C22H19N3O2/c1-27-20-6-2-15(3-7-20)10-22(26)25-21-12-19-11-16(18-8-9-23-13-18)4-5-17(19)14-24-21/h2-8,11-14H,9-10H2,1H3,(H,24,25,26). The molecule has 2 heterocycles. The molecule has 2 aromatic carbocycles. The first kappa shape index (κ1) is 17.0. The number of carbonyl (C=O) groups is 1. The van der Waals surface area contributed by atoms with Gasteiger partial charge in [-0.25, -0.2) is 4.98 Å². The van der Waals surface area contributed by atoms with E-state index >= 15 is 0 Å². The summed E-state index contributed by atoms with van der Waals surface area (Å²) in [7, 11) is 1.62. The van der Waals surface area contributed by atoms with Crippen molar-refractivity contribution >= 4 is 34.3 Å². The van der Waals surface area contributed by atoms with Gasteiger partial charge in [-0.1, -0.05) is 30.3 Å². The van der Waals surface area contributed by atoms with Crippen LogP contribution in [0.3, 0.4) is 0 Å². The van der Waals surface area contributed by atoms with E-state index in [1.54, 1.807) is 13.3 Å². The van der Waals surface area contributed by atoms with Crippen LogP contribution in [0.4, 0.5) is 5.82 Å². The Balaban J connectivity index is 1.50. The Morgan fingerprint density at radius 1 is 1.11 bits per heavy atom. The topological polar surface area (TPSA) is 63.6 Å². The number of aromatic nitrogens is 1. The second-order valence-electron chi connectivity index (χ2n) is 6.36. The fourth-order valence-electron chi connectivity index (χ4n) is 3.05. The number of carbonyl (C=O) groups excluding carboxylic acids is 1. The third-order valence-corrected chi connectivity index (χ3v) is 4.49. The molecule has 1 amide bonds. The van der Waals surface area contributed by atoms with Crippen LogP contribution in [0.15, 0.2) is 65.8 Å². The third-order valence-electron chi connectivity index (χ3n) is 4.49. The molecule has 3 aromatic rings. The molecular formula is C22H19N3O2. The average Bonchev–Trinajstić information content (AvgIpc) is 3.23. The smallest absolute Gasteiger partial charge is 0.229 e. The zero-order chi connectivity index (χ0) is 18.6. The molecule has 0 fully saturated rings. The molecule has 27 heavy (non-hydrogen) atoms. The minimum absolute atomic E-state index is 0.103. The minimum Gasteiger partial charge on any atom is -0.497 e. The minimum atomic E-state index is -0.103. The van der Waals surface area contributed by atoms with Gasteiger partial charge < -0.3 is 10.1 Å². The number of anilines is 1. The highest BCUT2D eigenvalue weighted by Crippen LogP contribution is 2.23. The van der Waals surface area contributed by atoms with Crippen molar-refractivity contribution < 1.29 is 9.53 Å². The molecule has 0 atom stereocenters. The molecule has 0 spiro atoms. The quantitative estimate of drug-likeness (QED) is 0.753. The van der Waals surface area contributed by atoms with E-state index < -0.39 is 0 Å². The lowest BCUT2D eigenvalue weighted by atomic mass is 10.0. The van der Waals surface area contributed by atoms with Gasteiger partial charge in [-0.3, -0.25) is 9.79 Å². The summed E-state index contributed by atoms with van der Waals surface area (Å²) in [5.74, 6) is 1.22. The van der Waals surface area contributed by atoms with Gasteiger partial charge in [0.1, 0.15) is 11.6 Å². The third kappa shape index (κ3) is 3.87. The monoisotopic (exact) mass is 357 g/mol. The number of methoxy groups -OCH3 is 1. The van der Waals surface area contributed by atoms with E-state index in [1.165, 1.54) is 0 Å². The first-order valence-electron chi connectivity index (χ1n) is 8.74. The highest BCUT2D eigenvalue weighted by molar-refractivity contribution is 6.12. The maximum absolute atomic E-state index is 12.3. The van der Waals surface area contributed by atoms with Crippen molar-refractivity contribution in [1.82, 2.24) is 4.98 Å². The molecule has 1 aliphatic rings. The fraction of sp³-hybridized carbons (Fsp3) is 0.136. The zero-order valence-electron chi connectivity index (χ0n) is 15.0. The molecule has 0 saturated carbocycles. The van der Waals surface area contributed by atoms with Crippen molar-refractivity contribution in [3.05, 3.63) is 71.9 Å². The van der Waals surface area contributed by atoms with E-state index in [0.29, 0.717) is 5.82 Å². The Hall–Kier alpha value is -3.47. The summed E-state index contributed by atoms with van der Waals surface area (Å²) in [4.78, 5) is 20.9. The van der Waals surface area contributed by atoms with Gasteiger partial charge in [-0.2, -0.15) is 0 Å². The Morgan fingerprint density at radius 2 is 1.96 bits per heavy atom. The number of ether oxygens (including phenoxy) is 1. The van der Waals surface area contributed by atoms with Gasteiger partial charge in [-0.15, -0.1) is 0 Å². The van der Waals surface area contributed by atoms with Crippen LogP contribution in [-0.2, 0) is 11.2 Å². The SMILES string of the molecule is COc1ccc(CC(=O)Nc2cc3cc(C4=CCN=C4)ccc3cn2)cc1. The van der Waals surface area contributed by atoms with E-state index in [0.717, 1.165) is 39.8 Å². The van der Waals surface area contributed by atoms with Crippen LogP contribution in [0.25, 0.3) is 16.3 Å². The largest absolute Gasteiger partial charge is 0.497 e. The van der Waals surface area contributed by atoms with Crippen LogP contribution in [0, 0.1) is 0 Å². The highest BCUT2D eigenvalue weighted by Gasteiger charge is 2.08. The highest BCUT2D eigenvalue weighted by atomic mass is 16.5. The first-order valence-corrected chi connectivity index (χ1v) is 8.74. The van der Waals surface area contributed by atoms with Crippen molar-refractivity contribution in [3.63, 3.8) is 0 Å². The van der Waals surface area contributed by atoms with Crippen molar-refractivity contribution in [2.45, 2.75) is 6.42 Å². The van der Waals surface area contributed by atoms with Crippen molar-refractivity contribution in [2.75, 3.05) is 19.0 Å². The van der Waals surface area contributed by atoms with E-state index in [9.17, 15) is 4.79 Å². The molecule has 0 bridgehead atoms. The average molecular weight is 357 g/mol. The van der Waals surface area contributed by atoms with E-state index in [4.69, 9.17) is 4.74 Å². The molecular weight excluding hydrogens is 338 g/mol. The summed E-state index contributed by atoms with van der Waals surface area (Å²) in [6.07, 6.45) is 6.05. The Kier molecular flexibility index (Phi) is 4.66. The maximum atomic E-state index is 12.3. The first-order chi connectivity index (χ1) is 13.2. The van der Waals surface area contributed by atoms with Gasteiger partial charge >= 0.3 is 0 Å². The number of fused-ring (bicyclic) bond motifs is 1. The Bertz CT molecular complexity index is 1050. The predicted molar refractivity (Wildman–Crippen MR) is 108 cm³/mol. The summed E-state index contributed by atoms with van der Waals surface area (Å²) in [6, 6.07) is 15.6. The number of nitrogens with one attached hydrogen (secondary N) is 1. The van der Waals surface area contributed by atoms with Crippen molar-refractivity contribution in [2.24, 2.45) is 4.99 Å². The molecule has 1 aliphatic heterocycles. The lowest BCUT2D eigenvalue weighted by Crippen LogP contribution is -2.15. The molecule has 0 aliphatic carbocycles. The number of aliphatic imine (C=N–C) groups is 1. The lowest BCUT2D eigenvalue weighted by Gasteiger charge is -2.08. The molecule has 1 N–H and O–H groups in total. The number of hydrogen-bond donors (Lipinski definition) is 1. The zero-order valence-corrected chi connectivity index (χ0v) is 15.0. The molecule has 5 heteroatoms. The van der Waals surface area contributed by atoms with Gasteiger partial charge in [0.15, 0.2) is 0 Å². The molecule has 134 valence electrons. The number of amides is 1. The predicted octanol–water partition coefficient (Wildman–Crippen LogP) is 3.89. The molecule has 0 saturated heterocycles. The van der Waals surface area contributed by atoms with Crippen LogP contribution in [-0.4, -0.2) is 30.8 Å². The number of allylic oxidation sites excluding steroid dienone is 1. The summed E-state index contributed by atoms with van der Waals surface area (Å²) >= 11 is 0. The maximum Gasteiger partial charge on any atom is 0.229 e. The second kappa shape index (κ2) is 7.41. The summed E-state index contributed by atoms with van der Waals surface area (Å²) < 4.78 is 5.13. The molecule has 0 unspecified atom stereocenters. The van der Waals surface area contributed by atoms with Gasteiger partial charge in [0.25, 0.3) is 0 Å². The fourth-order valence-corrected chi connectivity index (χ4v) is 3.05. The van der Waals surface area contributed by atoms with Crippen LogP contribution < -0.4 is 10.1 Å². The number of nitrogens with zero attached hydrogens (tertiary/aromatic N) is 2. The Morgan fingerprint density at radius 3 is 2.70 bits per heavy atom. The summed E-state index contributed by atoms with van der Waals surface area (Å²) in [6.45, 7) is 0.733. The lowest BCUT2D eigenvalue weighted by molar-refractivity contribution is -0.115. The normalized spacial score (nSPS) is 12.9. The number of benzene rings is 2. The van der Waals surface area contributed by atoms with Crippen molar-refractivity contribution in [3.8, 4) is 5.75 Å². The van der Waals surface area contributed by atoms with Gasteiger partial charge in [0.2, 0.25) is 5.91 Å². The second-order valence-corrected chi connectivity index (χ2v) is 6.36. The van der Waals surface area contributed by atoms with E-state index in [-0.39, 0.29) is 12.3 Å². The van der Waals surface area contributed by atoms with Crippen LogP contribution in [0.2, 0.25) is 0 Å². The van der Waals surface area contributed by atoms with Crippen LogP contribution in [0.5, 0.6) is 5.75 Å². The molecule has 5 nitrogen and oxygen atoms in total. The van der Waals surface area contributed by atoms with Gasteiger partial charge in [0.05, 0.1) is 20.1 Å². The van der Waals surface area contributed by atoms with E-state index in [2.05, 4.69) is 33.5 Å². The van der Waals surface area contributed by atoms with Crippen molar-refractivity contribution in [1.29, 1.82) is 0 Å².